The Morgan fingerprint density at radius 2 is 0.867 bits per heavy atom. The Morgan fingerprint density at radius 3 is 1.17 bits per heavy atom. The number of hydrogen-bond acceptors (Lipinski definition) is 19. The van der Waals surface area contributed by atoms with Crippen molar-refractivity contribution in [3.63, 3.8) is 0 Å². The van der Waals surface area contributed by atoms with Crippen LogP contribution in [0, 0.1) is 23.7 Å². The highest BCUT2D eigenvalue weighted by Gasteiger charge is 2.27. The summed E-state index contributed by atoms with van der Waals surface area (Å²) in [5.74, 6) is -1.94. The minimum absolute atomic E-state index is 0.0107. The van der Waals surface area contributed by atoms with Gasteiger partial charge in [0.2, 0.25) is 24.1 Å². The maximum Gasteiger partial charge on any atom is 0.323 e. The molecule has 4 amide bonds. The lowest BCUT2D eigenvalue weighted by atomic mass is 9.90. The minimum Gasteiger partial charge on any atom is -0.464 e. The van der Waals surface area contributed by atoms with E-state index < -0.39 is 17.9 Å². The molecule has 2 rings (SSSR count). The molecule has 75 heavy (non-hydrogen) atoms. The quantitative estimate of drug-likeness (QED) is 0.0330. The highest BCUT2D eigenvalue weighted by molar-refractivity contribution is 7.79. The normalized spacial score (nSPS) is 11.8. The Labute approximate surface area is 473 Å². The van der Waals surface area contributed by atoms with Crippen LogP contribution in [-0.2, 0) is 51.1 Å². The molecule has 2 aromatic rings. The Balaban J connectivity index is -0.000000166. The number of esters is 1. The zero-order valence-electron chi connectivity index (χ0n) is 47.4. The van der Waals surface area contributed by atoms with Crippen molar-refractivity contribution in [3.8, 4) is 0 Å². The largest absolute Gasteiger partial charge is 0.464 e. The molecule has 0 aromatic heterocycles. The van der Waals surface area contributed by atoms with Gasteiger partial charge in [-0.1, -0.05) is 74.5 Å². The number of hydrogen-bond donors (Lipinski definition) is 15. The Hall–Kier alpha value is -3.75. The highest BCUT2D eigenvalue weighted by atomic mass is 32.1. The van der Waals surface area contributed by atoms with Crippen molar-refractivity contribution in [3.05, 3.63) is 71.8 Å². The summed E-state index contributed by atoms with van der Waals surface area (Å²) in [4.78, 5) is 80.4. The summed E-state index contributed by atoms with van der Waals surface area (Å²) in [5.41, 5.74) is 6.62. The van der Waals surface area contributed by atoms with E-state index in [0.29, 0.717) is 44.9 Å². The third-order valence-electron chi connectivity index (χ3n) is 10.3. The molecular weight excluding hydrogens is 1040 g/mol. The molecule has 12 N–H and O–H groups in total. The Bertz CT molecular complexity index is 1630. The summed E-state index contributed by atoms with van der Waals surface area (Å²) >= 11 is 14.1. The molecule has 0 fully saturated rings. The first kappa shape index (κ1) is 85.2. The van der Waals surface area contributed by atoms with Crippen LogP contribution in [0.5, 0.6) is 0 Å². The number of carbonyl (C=O) groups is 7. The van der Waals surface area contributed by atoms with E-state index >= 15 is 0 Å². The lowest BCUT2D eigenvalue weighted by molar-refractivity contribution is -0.147. The predicted octanol–water partition coefficient (Wildman–Crippen LogP) is 2.07. The van der Waals surface area contributed by atoms with Crippen molar-refractivity contribution in [2.75, 3.05) is 108 Å². The first-order valence-electron chi connectivity index (χ1n) is 24.4. The van der Waals surface area contributed by atoms with Crippen molar-refractivity contribution in [1.29, 1.82) is 0 Å². The van der Waals surface area contributed by atoms with Crippen LogP contribution in [-0.4, -0.2) is 183 Å². The Kier molecular flexibility index (Phi) is 73.3. The van der Waals surface area contributed by atoms with Gasteiger partial charge in [0.05, 0.1) is 18.7 Å². The monoisotopic (exact) mass is 1140 g/mol. The SMILES string of the molecule is CN.CNC(=O)[C@H](CCO)CC(=O)[C@@H](NC)C(C)C.CNC(=O)[C@H](CCO)CC(=O)[C@H](Cc1ccccc1)NC.CNC(=O)[C@H](CCO)CCOC(=O)[C@H](Cc1ccccc1)NC.CNC=O.CS.CS.CS.CS. The minimum atomic E-state index is -0.473. The van der Waals surface area contributed by atoms with Gasteiger partial charge in [-0.2, -0.15) is 50.5 Å². The van der Waals surface area contributed by atoms with E-state index in [-0.39, 0.29) is 98.4 Å². The molecule has 0 aliphatic carbocycles. The average Bonchev–Trinajstić information content (AvgIpc) is 3.46. The number of likely N-dealkylation sites (N-methyl/N-ethyl adjacent to an activating group) is 3. The summed E-state index contributed by atoms with van der Waals surface area (Å²) in [6.45, 7) is 3.81. The van der Waals surface area contributed by atoms with Crippen molar-refractivity contribution in [1.82, 2.24) is 37.2 Å². The third-order valence-corrected chi connectivity index (χ3v) is 10.3. The average molecular weight is 1140 g/mol. The number of nitrogens with one attached hydrogen (secondary N) is 7. The molecule has 23 heteroatoms. The fourth-order valence-electron chi connectivity index (χ4n) is 6.54. The second kappa shape index (κ2) is 64.5. The maximum atomic E-state index is 12.4. The zero-order chi connectivity index (χ0) is 59.6. The van der Waals surface area contributed by atoms with Gasteiger partial charge in [0, 0.05) is 78.6 Å². The first-order valence-corrected chi connectivity index (χ1v) is 28.0. The zero-order valence-corrected chi connectivity index (χ0v) is 50.9. The molecule has 2 aromatic carbocycles. The van der Waals surface area contributed by atoms with E-state index in [1.807, 2.05) is 74.5 Å². The summed E-state index contributed by atoms with van der Waals surface area (Å²) in [6, 6.07) is 18.5. The van der Waals surface area contributed by atoms with E-state index in [9.17, 15) is 28.8 Å². The fraction of sp³-hybridized carbons (Fsp3) is 0.635. The van der Waals surface area contributed by atoms with Gasteiger partial charge in [0.25, 0.3) is 0 Å². The predicted molar refractivity (Wildman–Crippen MR) is 321 cm³/mol. The molecule has 0 saturated heterocycles. The van der Waals surface area contributed by atoms with E-state index in [4.69, 9.17) is 24.9 Å². The molecule has 438 valence electrons. The van der Waals surface area contributed by atoms with E-state index in [1.165, 1.54) is 21.1 Å². The van der Waals surface area contributed by atoms with E-state index in [0.717, 1.165) is 11.1 Å². The second-order valence-corrected chi connectivity index (χ2v) is 15.2. The molecule has 0 aliphatic rings. The number of rotatable bonds is 28. The number of Topliss-reactive ketones (excluding diaryl/α,β-unsaturated/α-hetero) is 2. The number of benzene rings is 2. The molecule has 0 spiro atoms. The summed E-state index contributed by atoms with van der Waals surface area (Å²) < 4.78 is 5.28. The smallest absolute Gasteiger partial charge is 0.323 e. The van der Waals surface area contributed by atoms with Crippen molar-refractivity contribution < 1.29 is 53.6 Å². The molecule has 0 radical (unpaired) electrons. The number of aliphatic hydroxyl groups excluding tert-OH is 3. The van der Waals surface area contributed by atoms with Gasteiger partial charge in [-0.15, -0.1) is 0 Å². The maximum absolute atomic E-state index is 12.4. The van der Waals surface area contributed by atoms with Gasteiger partial charge < -0.3 is 63.0 Å². The van der Waals surface area contributed by atoms with Gasteiger partial charge >= 0.3 is 5.97 Å². The van der Waals surface area contributed by atoms with E-state index in [2.05, 4.69) is 93.5 Å². The summed E-state index contributed by atoms with van der Waals surface area (Å²) in [6.07, 6.45) is 10.2. The number of aliphatic hydroxyl groups is 3. The summed E-state index contributed by atoms with van der Waals surface area (Å²) in [5, 5.41) is 45.7. The standard InChI is InChI=1S/C17H26N2O4.C16H24N2O3.C12H24N2O3.C2H5NO.CH5N.4CH4S/c1-18-15(12-13-6-4-3-5-7-13)17(22)23-11-9-14(8-10-20)16(21)19-2;1-17-14(10-12-6-4-3-5-7-12)15(20)11-13(8-9-19)16(21)18-2;1-8(2)11(13-3)10(16)7-9(5-6-15)12(17)14-4;1-3-2-4;5*1-2/h3-7,14-15,18,20H,8-12H2,1-2H3,(H,19,21);3-7,13-14,17,19H,8-11H2,1-2H3,(H,18,21);8-9,11,13,15H,5-7H2,1-4H3,(H,14,17);2H,1H3,(H,3,4);2H2,1H3;4*2H,1H3/t14-,15+;13-,14+;9-,11+;;;;;;/m111....../s1. The number of amides is 4. The van der Waals surface area contributed by atoms with Gasteiger partial charge in [0.1, 0.15) is 6.04 Å². The fourth-order valence-corrected chi connectivity index (χ4v) is 6.54. The van der Waals surface area contributed by atoms with Gasteiger partial charge in [-0.25, -0.2) is 0 Å². The molecule has 6 atom stereocenters. The number of carbonyl (C=O) groups excluding carboxylic acids is 7. The molecular formula is C52H100N8O11S4. The Morgan fingerprint density at radius 1 is 0.533 bits per heavy atom. The lowest BCUT2D eigenvalue weighted by Crippen LogP contribution is -2.41. The molecule has 0 bridgehead atoms. The highest BCUT2D eigenvalue weighted by Crippen LogP contribution is 2.15. The molecule has 0 unspecified atom stereocenters. The van der Waals surface area contributed by atoms with Gasteiger partial charge in [-0.05, 0) is 109 Å². The number of nitrogens with two attached hydrogens (primary N) is 1. The van der Waals surface area contributed by atoms with E-state index in [1.54, 1.807) is 60.3 Å². The number of ketones is 2. The molecule has 0 saturated carbocycles. The van der Waals surface area contributed by atoms with Crippen LogP contribution >= 0.6 is 50.5 Å². The van der Waals surface area contributed by atoms with Crippen LogP contribution in [0.15, 0.2) is 60.7 Å². The van der Waals surface area contributed by atoms with Gasteiger partial charge in [0.15, 0.2) is 11.6 Å². The van der Waals surface area contributed by atoms with Crippen molar-refractivity contribution >= 4 is 92.2 Å². The van der Waals surface area contributed by atoms with Crippen LogP contribution in [0.25, 0.3) is 0 Å². The second-order valence-electron chi connectivity index (χ2n) is 15.2. The third kappa shape index (κ3) is 46.1. The molecule has 19 nitrogen and oxygen atoms in total. The van der Waals surface area contributed by atoms with Gasteiger partial charge in [-0.3, -0.25) is 33.6 Å². The van der Waals surface area contributed by atoms with Crippen LogP contribution in [0.1, 0.15) is 63.5 Å². The first-order chi connectivity index (χ1) is 36.1. The summed E-state index contributed by atoms with van der Waals surface area (Å²) in [7, 11) is 12.9. The lowest BCUT2D eigenvalue weighted by Gasteiger charge is -2.21. The number of ether oxygens (including phenoxy) is 1. The topological polar surface area (TPSA) is 300 Å². The van der Waals surface area contributed by atoms with Crippen LogP contribution in [0.3, 0.4) is 0 Å². The van der Waals surface area contributed by atoms with Crippen LogP contribution in [0.2, 0.25) is 0 Å². The molecule has 0 heterocycles. The van der Waals surface area contributed by atoms with Crippen molar-refractivity contribution in [2.45, 2.75) is 83.3 Å². The number of thiol groups is 4. The van der Waals surface area contributed by atoms with Crippen LogP contribution < -0.4 is 43.0 Å². The van der Waals surface area contributed by atoms with Crippen molar-refractivity contribution in [2.24, 2.45) is 29.4 Å². The molecule has 0 aliphatic heterocycles. The van der Waals surface area contributed by atoms with Crippen LogP contribution in [0.4, 0.5) is 0 Å².